The Balaban J connectivity index is 1.28. The highest BCUT2D eigenvalue weighted by molar-refractivity contribution is 5.81. The minimum atomic E-state index is -0.961. The Hall–Kier alpha value is -1.59. The van der Waals surface area contributed by atoms with Crippen LogP contribution in [0.25, 0.3) is 0 Å². The summed E-state index contributed by atoms with van der Waals surface area (Å²) < 4.78 is 12.3. The first kappa shape index (κ1) is 28.5. The van der Waals surface area contributed by atoms with E-state index in [1.54, 1.807) is 0 Å². The van der Waals surface area contributed by atoms with E-state index in [1.807, 2.05) is 0 Å². The van der Waals surface area contributed by atoms with Crippen LogP contribution in [0.1, 0.15) is 126 Å². The van der Waals surface area contributed by atoms with Crippen molar-refractivity contribution in [2.45, 2.75) is 138 Å². The van der Waals surface area contributed by atoms with Crippen molar-refractivity contribution in [1.29, 1.82) is 0 Å². The maximum absolute atomic E-state index is 13.4. The lowest BCUT2D eigenvalue weighted by Gasteiger charge is -2.73. The monoisotopic (exact) mass is 556 g/mol. The number of carbonyl (C=O) groups is 3. The number of aliphatic carboxylic acids is 1. The predicted octanol–water partition coefficient (Wildman–Crippen LogP) is 7.18. The third-order valence-electron chi connectivity index (χ3n) is 14.8. The third kappa shape index (κ3) is 3.55. The molecule has 0 aromatic rings. The molecule has 10 atom stereocenters. The first-order chi connectivity index (χ1) is 18.5. The van der Waals surface area contributed by atoms with Gasteiger partial charge in [-0.15, -0.1) is 0 Å². The lowest BCUT2D eigenvalue weighted by molar-refractivity contribution is -0.254. The molecule has 0 aromatic carbocycles. The average molecular weight is 557 g/mol. The fourth-order valence-corrected chi connectivity index (χ4v) is 12.4. The van der Waals surface area contributed by atoms with Gasteiger partial charge in [-0.05, 0) is 98.2 Å². The Bertz CT molecular complexity index is 1110. The quantitative estimate of drug-likeness (QED) is 0.369. The molecular formula is C34H52O6. The maximum Gasteiger partial charge on any atom is 0.312 e. The second-order valence-electron chi connectivity index (χ2n) is 16.9. The van der Waals surface area contributed by atoms with Crippen LogP contribution in [0.4, 0.5) is 0 Å². The molecule has 2 bridgehead atoms. The van der Waals surface area contributed by atoms with Crippen LogP contribution in [0.5, 0.6) is 0 Å². The van der Waals surface area contributed by atoms with Crippen LogP contribution in [0, 0.1) is 56.2 Å². The number of fused-ring (bicyclic) bond motifs is 5. The molecule has 6 aliphatic rings. The van der Waals surface area contributed by atoms with E-state index in [0.717, 1.165) is 44.9 Å². The molecule has 0 radical (unpaired) electrons. The summed E-state index contributed by atoms with van der Waals surface area (Å²) in [5, 5.41) is 9.00. The Morgan fingerprint density at radius 2 is 1.52 bits per heavy atom. The molecule has 0 spiro atoms. The lowest BCUT2D eigenvalue weighted by Crippen LogP contribution is -2.68. The van der Waals surface area contributed by atoms with Crippen LogP contribution < -0.4 is 0 Å². The highest BCUT2D eigenvalue weighted by atomic mass is 16.6. The van der Waals surface area contributed by atoms with Gasteiger partial charge in [-0.1, -0.05) is 48.5 Å². The van der Waals surface area contributed by atoms with Gasteiger partial charge in [0, 0.05) is 16.7 Å². The fraction of sp³-hybridized carbons (Fsp3) is 0.912. The number of ether oxygens (including phenoxy) is 2. The molecule has 40 heavy (non-hydrogen) atoms. The van der Waals surface area contributed by atoms with E-state index in [1.165, 1.54) is 19.3 Å². The zero-order chi connectivity index (χ0) is 29.1. The predicted molar refractivity (Wildman–Crippen MR) is 151 cm³/mol. The summed E-state index contributed by atoms with van der Waals surface area (Å²) in [5.74, 6) is 0.697. The number of rotatable bonds is 4. The first-order valence-corrected chi connectivity index (χ1v) is 16.2. The Labute approximate surface area is 240 Å². The molecule has 6 nitrogen and oxygen atoms in total. The highest BCUT2D eigenvalue weighted by Crippen LogP contribution is 2.78. The molecule has 224 valence electrons. The van der Waals surface area contributed by atoms with Gasteiger partial charge in [0.15, 0.2) is 0 Å². The number of hydrogen-bond acceptors (Lipinski definition) is 5. The smallest absolute Gasteiger partial charge is 0.312 e. The largest absolute Gasteiger partial charge is 0.481 e. The van der Waals surface area contributed by atoms with Crippen molar-refractivity contribution in [2.75, 3.05) is 0 Å². The number of hydrogen-bond donors (Lipinski definition) is 1. The molecular weight excluding hydrogens is 504 g/mol. The van der Waals surface area contributed by atoms with Crippen molar-refractivity contribution in [3.63, 3.8) is 0 Å². The molecule has 1 saturated heterocycles. The van der Waals surface area contributed by atoms with Crippen molar-refractivity contribution in [3.05, 3.63) is 0 Å². The van der Waals surface area contributed by atoms with Crippen molar-refractivity contribution < 1.29 is 29.0 Å². The Kier molecular flexibility index (Phi) is 6.22. The van der Waals surface area contributed by atoms with Gasteiger partial charge < -0.3 is 14.6 Å². The fourth-order valence-electron chi connectivity index (χ4n) is 12.4. The second-order valence-corrected chi connectivity index (χ2v) is 16.9. The van der Waals surface area contributed by atoms with Gasteiger partial charge in [0.25, 0.3) is 0 Å². The van der Waals surface area contributed by atoms with E-state index < -0.39 is 5.97 Å². The molecule has 0 aromatic heterocycles. The summed E-state index contributed by atoms with van der Waals surface area (Å²) in [4.78, 5) is 37.0. The average Bonchev–Trinajstić information content (AvgIpc) is 3.12. The van der Waals surface area contributed by atoms with Crippen LogP contribution in [0.15, 0.2) is 0 Å². The van der Waals surface area contributed by atoms with E-state index >= 15 is 0 Å². The Morgan fingerprint density at radius 1 is 0.825 bits per heavy atom. The first-order valence-electron chi connectivity index (χ1n) is 16.2. The Morgan fingerprint density at radius 3 is 2.23 bits per heavy atom. The van der Waals surface area contributed by atoms with Crippen molar-refractivity contribution in [1.82, 2.24) is 0 Å². The summed E-state index contributed by atoms with van der Waals surface area (Å²) in [6.45, 7) is 16.9. The second kappa shape index (κ2) is 8.72. The van der Waals surface area contributed by atoms with Gasteiger partial charge in [-0.25, -0.2) is 0 Å². The molecule has 0 amide bonds. The summed E-state index contributed by atoms with van der Waals surface area (Å²) in [5.41, 5.74) is 0.189. The number of esters is 2. The van der Waals surface area contributed by atoms with Gasteiger partial charge in [0.05, 0.1) is 18.3 Å². The van der Waals surface area contributed by atoms with Crippen molar-refractivity contribution in [2.24, 2.45) is 56.2 Å². The van der Waals surface area contributed by atoms with Crippen molar-refractivity contribution in [3.8, 4) is 0 Å². The van der Waals surface area contributed by atoms with Gasteiger partial charge in [-0.3, -0.25) is 14.4 Å². The van der Waals surface area contributed by atoms with Gasteiger partial charge in [0.2, 0.25) is 0 Å². The van der Waals surface area contributed by atoms with Gasteiger partial charge >= 0.3 is 17.9 Å². The normalized spacial score (nSPS) is 49.9. The molecule has 5 saturated carbocycles. The van der Waals surface area contributed by atoms with Gasteiger partial charge in [0.1, 0.15) is 12.2 Å². The number of carboxylic acid groups (broad SMARTS) is 1. The summed E-state index contributed by atoms with van der Waals surface area (Å²) >= 11 is 0. The minimum absolute atomic E-state index is 0.0459. The number of carboxylic acids is 1. The maximum atomic E-state index is 13.4. The zero-order valence-electron chi connectivity index (χ0n) is 25.9. The van der Waals surface area contributed by atoms with E-state index in [2.05, 4.69) is 48.5 Å². The molecule has 1 aliphatic heterocycles. The SMILES string of the molecule is CC1(C)CC[C@@]23CC[C@]4(C)[C@H](CC[C@@H]5[C@@]6(C)CC[C@H](OC(=O)CCC(=O)O)C(C)(C)[C@H]6CC[C@]54C)[C@H]2[C@H]1OC3=O. The minimum Gasteiger partial charge on any atom is -0.481 e. The zero-order valence-corrected chi connectivity index (χ0v) is 25.9. The molecule has 1 heterocycles. The van der Waals surface area contributed by atoms with E-state index in [0.29, 0.717) is 23.7 Å². The van der Waals surface area contributed by atoms with Crippen LogP contribution in [-0.2, 0) is 23.9 Å². The standard InChI is InChI=1S/C34H52O6/c1-29(2)16-18-34-19-17-32(6)20(26(34)27(29)40-28(34)38)8-9-22-31(5)14-13-23(39-25(37)11-10-24(35)36)30(3,4)21(31)12-15-33(22,32)7/h20-23,26-27H,8-19H2,1-7H3,(H,35,36)/t20-,21-,22-,23+,26+,27-,31+,32-,33-,34-/m1/s1. The van der Waals surface area contributed by atoms with E-state index in [4.69, 9.17) is 14.6 Å². The molecule has 6 heteroatoms. The molecule has 1 N–H and O–H groups in total. The van der Waals surface area contributed by atoms with Gasteiger partial charge in [-0.2, -0.15) is 0 Å². The highest BCUT2D eigenvalue weighted by Gasteiger charge is 2.75. The van der Waals surface area contributed by atoms with Crippen LogP contribution in [0.3, 0.4) is 0 Å². The third-order valence-corrected chi connectivity index (χ3v) is 14.8. The van der Waals surface area contributed by atoms with Crippen LogP contribution >= 0.6 is 0 Å². The molecule has 6 fully saturated rings. The van der Waals surface area contributed by atoms with Crippen molar-refractivity contribution >= 4 is 17.9 Å². The summed E-state index contributed by atoms with van der Waals surface area (Å²) in [6.07, 6.45) is 10.4. The molecule has 5 aliphatic carbocycles. The summed E-state index contributed by atoms with van der Waals surface area (Å²) in [6, 6.07) is 0. The van der Waals surface area contributed by atoms with Crippen LogP contribution in [-0.4, -0.2) is 35.2 Å². The topological polar surface area (TPSA) is 89.9 Å². The van der Waals surface area contributed by atoms with E-state index in [9.17, 15) is 14.4 Å². The lowest BCUT2D eigenvalue weighted by atomic mass is 9.31. The van der Waals surface area contributed by atoms with Crippen LogP contribution in [0.2, 0.25) is 0 Å². The summed E-state index contributed by atoms with van der Waals surface area (Å²) in [7, 11) is 0. The molecule has 0 unspecified atom stereocenters. The molecule has 6 rings (SSSR count). The van der Waals surface area contributed by atoms with E-state index in [-0.39, 0.29) is 69.5 Å². The number of carbonyl (C=O) groups excluding carboxylic acids is 2.